The number of carboxylic acids is 1. The van der Waals surface area contributed by atoms with E-state index in [0.717, 1.165) is 24.2 Å². The second-order valence-electron chi connectivity index (χ2n) is 10.9. The predicted octanol–water partition coefficient (Wildman–Crippen LogP) is 5.80. The van der Waals surface area contributed by atoms with Gasteiger partial charge in [-0.25, -0.2) is 0 Å². The van der Waals surface area contributed by atoms with E-state index in [9.17, 15) is 9.90 Å². The average Bonchev–Trinajstić information content (AvgIpc) is 3.07. The predicted molar refractivity (Wildman–Crippen MR) is 138 cm³/mol. The van der Waals surface area contributed by atoms with Crippen LogP contribution < -0.4 is 4.74 Å². The standard InChI is InChI=1S/C27H44O6Si/c1-27(2,3)34(5,6)33-19-23-22(11-9-7-8-10-12-26(29)30)24(28)17-25(23)32-18-20-13-15-21(31-4)16-14-20/h7,9,13-16,22-25,28H,8,10-12,17-19H2,1-6H3,(H,29,30)/b9-7-/t22-,23-,24+,25-/m1/s1. The maximum absolute atomic E-state index is 10.9. The molecule has 4 atom stereocenters. The van der Waals surface area contributed by atoms with Crippen molar-refractivity contribution in [3.05, 3.63) is 42.0 Å². The smallest absolute Gasteiger partial charge is 0.303 e. The molecule has 1 aromatic carbocycles. The van der Waals surface area contributed by atoms with Crippen LogP contribution in [0.4, 0.5) is 0 Å². The lowest BCUT2D eigenvalue weighted by Crippen LogP contribution is -2.43. The number of aliphatic hydroxyl groups excluding tert-OH is 1. The number of hydrogen-bond acceptors (Lipinski definition) is 5. The fraction of sp³-hybridized carbons (Fsp3) is 0.667. The molecule has 1 aliphatic carbocycles. The van der Waals surface area contributed by atoms with Gasteiger partial charge in [-0.1, -0.05) is 45.1 Å². The molecule has 1 aromatic rings. The van der Waals surface area contributed by atoms with Gasteiger partial charge in [0.05, 0.1) is 25.9 Å². The van der Waals surface area contributed by atoms with E-state index in [-0.39, 0.29) is 29.4 Å². The molecule has 0 bridgehead atoms. The van der Waals surface area contributed by atoms with Crippen molar-refractivity contribution in [2.45, 2.75) is 89.8 Å². The van der Waals surface area contributed by atoms with Crippen molar-refractivity contribution >= 4 is 14.3 Å². The van der Waals surface area contributed by atoms with Crippen LogP contribution >= 0.6 is 0 Å². The second-order valence-corrected chi connectivity index (χ2v) is 15.7. The first-order valence-corrected chi connectivity index (χ1v) is 15.3. The molecule has 0 unspecified atom stereocenters. The van der Waals surface area contributed by atoms with E-state index in [2.05, 4.69) is 39.9 Å². The quantitative estimate of drug-likeness (QED) is 0.206. The van der Waals surface area contributed by atoms with Crippen LogP contribution in [0.5, 0.6) is 5.75 Å². The Hall–Kier alpha value is -1.67. The van der Waals surface area contributed by atoms with E-state index in [1.165, 1.54) is 0 Å². The molecule has 1 saturated carbocycles. The summed E-state index contributed by atoms with van der Waals surface area (Å²) in [5.74, 6) is 0.211. The first-order valence-electron chi connectivity index (χ1n) is 12.4. The van der Waals surface area contributed by atoms with Gasteiger partial charge >= 0.3 is 5.97 Å². The normalized spacial score (nSPS) is 23.5. The minimum atomic E-state index is -1.94. The van der Waals surface area contributed by atoms with Gasteiger partial charge in [0, 0.05) is 25.4 Å². The van der Waals surface area contributed by atoms with Gasteiger partial charge in [-0.2, -0.15) is 0 Å². The Morgan fingerprint density at radius 3 is 2.41 bits per heavy atom. The third kappa shape index (κ3) is 8.52. The van der Waals surface area contributed by atoms with E-state index in [4.69, 9.17) is 19.0 Å². The van der Waals surface area contributed by atoms with Crippen LogP contribution in [0.1, 0.15) is 58.4 Å². The highest BCUT2D eigenvalue weighted by Crippen LogP contribution is 2.41. The second kappa shape index (κ2) is 12.9. The summed E-state index contributed by atoms with van der Waals surface area (Å²) in [4.78, 5) is 10.7. The average molecular weight is 493 g/mol. The van der Waals surface area contributed by atoms with E-state index < -0.39 is 20.4 Å². The molecule has 0 aliphatic heterocycles. The summed E-state index contributed by atoms with van der Waals surface area (Å²) in [6.45, 7) is 12.3. The number of unbranched alkanes of at least 4 members (excludes halogenated alkanes) is 1. The largest absolute Gasteiger partial charge is 0.497 e. The Bertz CT molecular complexity index is 783. The third-order valence-electron chi connectivity index (χ3n) is 7.40. The van der Waals surface area contributed by atoms with Crippen molar-refractivity contribution in [1.82, 2.24) is 0 Å². The Morgan fingerprint density at radius 2 is 1.82 bits per heavy atom. The maximum atomic E-state index is 10.9. The first kappa shape index (κ1) is 28.6. The lowest BCUT2D eigenvalue weighted by Gasteiger charge is -2.38. The van der Waals surface area contributed by atoms with E-state index in [0.29, 0.717) is 26.1 Å². The van der Waals surface area contributed by atoms with Gasteiger partial charge in [-0.05, 0) is 61.0 Å². The molecular formula is C27H44O6Si. The van der Waals surface area contributed by atoms with Crippen molar-refractivity contribution in [3.8, 4) is 5.75 Å². The molecular weight excluding hydrogens is 448 g/mol. The van der Waals surface area contributed by atoms with Crippen molar-refractivity contribution < 1.29 is 28.9 Å². The number of carbonyl (C=O) groups is 1. The van der Waals surface area contributed by atoms with Crippen LogP contribution in [-0.2, 0) is 20.6 Å². The molecule has 34 heavy (non-hydrogen) atoms. The van der Waals surface area contributed by atoms with Crippen LogP contribution in [0, 0.1) is 11.8 Å². The highest BCUT2D eigenvalue weighted by atomic mass is 28.4. The van der Waals surface area contributed by atoms with Gasteiger partial charge in [0.25, 0.3) is 0 Å². The molecule has 6 nitrogen and oxygen atoms in total. The minimum Gasteiger partial charge on any atom is -0.497 e. The number of ether oxygens (including phenoxy) is 2. The summed E-state index contributed by atoms with van der Waals surface area (Å²) in [6, 6.07) is 7.86. The topological polar surface area (TPSA) is 85.2 Å². The Labute approximate surface area is 206 Å². The number of rotatable bonds is 13. The highest BCUT2D eigenvalue weighted by molar-refractivity contribution is 6.74. The summed E-state index contributed by atoms with van der Waals surface area (Å²) in [5.41, 5.74) is 1.07. The highest BCUT2D eigenvalue weighted by Gasteiger charge is 2.45. The number of aliphatic carboxylic acids is 1. The molecule has 2 N–H and O–H groups in total. The molecule has 0 radical (unpaired) electrons. The molecule has 0 heterocycles. The summed E-state index contributed by atoms with van der Waals surface area (Å²) >= 11 is 0. The summed E-state index contributed by atoms with van der Waals surface area (Å²) < 4.78 is 18.2. The lowest BCUT2D eigenvalue weighted by atomic mass is 9.91. The number of carboxylic acid groups (broad SMARTS) is 1. The van der Waals surface area contributed by atoms with Crippen LogP contribution in [0.3, 0.4) is 0 Å². The van der Waals surface area contributed by atoms with Gasteiger partial charge in [0.2, 0.25) is 0 Å². The Balaban J connectivity index is 2.05. The fourth-order valence-electron chi connectivity index (χ4n) is 4.09. The zero-order valence-corrected chi connectivity index (χ0v) is 22.8. The molecule has 0 aromatic heterocycles. The zero-order chi connectivity index (χ0) is 25.4. The molecule has 0 saturated heterocycles. The fourth-order valence-corrected chi connectivity index (χ4v) is 5.13. The van der Waals surface area contributed by atoms with Gasteiger partial charge in [-0.15, -0.1) is 0 Å². The number of benzene rings is 1. The summed E-state index contributed by atoms with van der Waals surface area (Å²) in [5, 5.41) is 19.8. The summed E-state index contributed by atoms with van der Waals surface area (Å²) in [7, 11) is -0.283. The SMILES string of the molecule is COc1ccc(CO[C@@H]2C[C@H](O)[C@H](C/C=C\CCCC(=O)O)[C@H]2CO[Si](C)(C)C(C)(C)C)cc1. The Morgan fingerprint density at radius 1 is 1.15 bits per heavy atom. The maximum Gasteiger partial charge on any atom is 0.303 e. The van der Waals surface area contributed by atoms with Crippen molar-refractivity contribution in [3.63, 3.8) is 0 Å². The van der Waals surface area contributed by atoms with Gasteiger partial charge in [-0.3, -0.25) is 4.79 Å². The van der Waals surface area contributed by atoms with Gasteiger partial charge in [0.1, 0.15) is 5.75 Å². The molecule has 0 spiro atoms. The number of allylic oxidation sites excluding steroid dienone is 2. The summed E-state index contributed by atoms with van der Waals surface area (Å²) in [6.07, 6.45) is 6.47. The van der Waals surface area contributed by atoms with Crippen LogP contribution in [-0.4, -0.2) is 50.4 Å². The molecule has 192 valence electrons. The van der Waals surface area contributed by atoms with Gasteiger partial charge < -0.3 is 24.1 Å². The first-order chi connectivity index (χ1) is 15.9. The monoisotopic (exact) mass is 492 g/mol. The van der Waals surface area contributed by atoms with E-state index in [1.807, 2.05) is 30.3 Å². The van der Waals surface area contributed by atoms with E-state index in [1.54, 1.807) is 7.11 Å². The van der Waals surface area contributed by atoms with Crippen molar-refractivity contribution in [1.29, 1.82) is 0 Å². The number of methoxy groups -OCH3 is 1. The molecule has 0 amide bonds. The number of aliphatic hydroxyl groups is 1. The van der Waals surface area contributed by atoms with E-state index >= 15 is 0 Å². The lowest BCUT2D eigenvalue weighted by molar-refractivity contribution is -0.137. The van der Waals surface area contributed by atoms with Crippen molar-refractivity contribution in [2.75, 3.05) is 13.7 Å². The van der Waals surface area contributed by atoms with Crippen LogP contribution in [0.25, 0.3) is 0 Å². The molecule has 2 rings (SSSR count). The zero-order valence-electron chi connectivity index (χ0n) is 21.8. The van der Waals surface area contributed by atoms with Gasteiger partial charge in [0.15, 0.2) is 8.32 Å². The Kier molecular flexibility index (Phi) is 10.8. The molecule has 7 heteroatoms. The molecule has 1 aliphatic rings. The van der Waals surface area contributed by atoms with Crippen molar-refractivity contribution in [2.24, 2.45) is 11.8 Å². The molecule has 1 fully saturated rings. The third-order valence-corrected chi connectivity index (χ3v) is 11.9. The number of hydrogen-bond donors (Lipinski definition) is 2. The van der Waals surface area contributed by atoms with Crippen LogP contribution in [0.15, 0.2) is 36.4 Å². The minimum absolute atomic E-state index is 0.0568. The van der Waals surface area contributed by atoms with Crippen LogP contribution in [0.2, 0.25) is 18.1 Å².